The maximum atomic E-state index is 14.4. The number of carbonyl (C=O) groups is 3. The number of hydrogen-bond donors (Lipinski definition) is 1. The lowest BCUT2D eigenvalue weighted by molar-refractivity contribution is -0.146. The third-order valence-corrected chi connectivity index (χ3v) is 10.7. The Hall–Kier alpha value is -2.58. The maximum Gasteiger partial charge on any atom is 0.247 e. The number of hydrogen-bond acceptors (Lipinski definition) is 5. The van der Waals surface area contributed by atoms with Crippen LogP contribution in [0.25, 0.3) is 0 Å². The lowest BCUT2D eigenvalue weighted by atomic mass is 9.78. The van der Waals surface area contributed by atoms with Crippen molar-refractivity contribution in [3.63, 3.8) is 0 Å². The van der Waals surface area contributed by atoms with Gasteiger partial charge in [-0.25, -0.2) is 0 Å². The molecule has 2 saturated heterocycles. The number of thioether (sulfide) groups is 1. The summed E-state index contributed by atoms with van der Waals surface area (Å²) < 4.78 is -0.837. The highest BCUT2D eigenvalue weighted by atomic mass is 32.2. The van der Waals surface area contributed by atoms with Crippen LogP contribution in [-0.2, 0) is 14.4 Å². The molecule has 6 atom stereocenters. The smallest absolute Gasteiger partial charge is 0.247 e. The summed E-state index contributed by atoms with van der Waals surface area (Å²) in [6, 6.07) is 8.51. The van der Waals surface area contributed by atoms with Crippen molar-refractivity contribution in [1.82, 2.24) is 9.80 Å². The molecule has 3 amide bonds. The number of benzene rings is 1. The van der Waals surface area contributed by atoms with Gasteiger partial charge in [0, 0.05) is 30.1 Å². The van der Waals surface area contributed by atoms with Crippen LogP contribution < -0.4 is 4.90 Å². The third kappa shape index (κ3) is 3.78. The van der Waals surface area contributed by atoms with Crippen molar-refractivity contribution >= 4 is 35.2 Å². The zero-order valence-corrected chi connectivity index (χ0v) is 22.1. The van der Waals surface area contributed by atoms with Crippen molar-refractivity contribution in [1.29, 1.82) is 0 Å². The molecule has 7 nitrogen and oxygen atoms in total. The quantitative estimate of drug-likeness (QED) is 0.617. The standard InChI is InChI=1S/C29H35N3O4S/c1-19(18-33)32-25-28(36)31(21-12-6-3-7-13-21)17-9-15-29(25)24(27(32)35)23-22(37-29)14-8-16-30(26(23)34)20-10-4-2-5-11-20/h2,4-5,8-11,14-15,19,21-25,33H,3,6-7,12-13,16-18H2,1H3/t19-,22+,23-,24+,25?,29+/m1/s1. The first-order chi connectivity index (χ1) is 18.0. The van der Waals surface area contributed by atoms with Crippen molar-refractivity contribution in [3.05, 3.63) is 54.6 Å². The van der Waals surface area contributed by atoms with Crippen LogP contribution in [0.4, 0.5) is 5.69 Å². The number of aliphatic hydroxyl groups excluding tert-OH is 1. The van der Waals surface area contributed by atoms with Crippen LogP contribution in [0.3, 0.4) is 0 Å². The number of nitrogens with zero attached hydrogens (tertiary/aromatic N) is 3. The van der Waals surface area contributed by atoms with E-state index in [2.05, 4.69) is 18.2 Å². The second-order valence-electron chi connectivity index (χ2n) is 11.0. The van der Waals surface area contributed by atoms with Crippen molar-refractivity contribution in [2.75, 3.05) is 24.6 Å². The van der Waals surface area contributed by atoms with Crippen molar-refractivity contribution in [2.24, 2.45) is 11.8 Å². The van der Waals surface area contributed by atoms with Crippen LogP contribution in [-0.4, -0.2) is 80.4 Å². The Morgan fingerprint density at radius 2 is 1.76 bits per heavy atom. The molecule has 1 aliphatic carbocycles. The highest BCUT2D eigenvalue weighted by Crippen LogP contribution is 2.61. The number of aliphatic hydroxyl groups is 1. The van der Waals surface area contributed by atoms with E-state index >= 15 is 0 Å². The molecule has 5 aliphatic rings. The number of fused-ring (bicyclic) bond motifs is 2. The van der Waals surface area contributed by atoms with E-state index in [1.165, 1.54) is 6.42 Å². The first-order valence-electron chi connectivity index (χ1n) is 13.6. The van der Waals surface area contributed by atoms with Crippen LogP contribution in [0.2, 0.25) is 0 Å². The summed E-state index contributed by atoms with van der Waals surface area (Å²) in [5.41, 5.74) is 0.808. The van der Waals surface area contributed by atoms with Crippen LogP contribution in [0.15, 0.2) is 54.6 Å². The van der Waals surface area contributed by atoms with Crippen LogP contribution in [0.5, 0.6) is 0 Å². The van der Waals surface area contributed by atoms with E-state index in [1.54, 1.807) is 28.5 Å². The van der Waals surface area contributed by atoms with Gasteiger partial charge in [-0.3, -0.25) is 14.4 Å². The molecule has 1 aromatic carbocycles. The van der Waals surface area contributed by atoms with Gasteiger partial charge in [0.2, 0.25) is 17.7 Å². The van der Waals surface area contributed by atoms with Gasteiger partial charge < -0.3 is 19.8 Å². The molecule has 3 fully saturated rings. The van der Waals surface area contributed by atoms with Gasteiger partial charge >= 0.3 is 0 Å². The second-order valence-corrected chi connectivity index (χ2v) is 12.5. The van der Waals surface area contributed by atoms with Crippen molar-refractivity contribution < 1.29 is 19.5 Å². The normalized spacial score (nSPS) is 34.8. The summed E-state index contributed by atoms with van der Waals surface area (Å²) in [6.45, 7) is 2.55. The minimum absolute atomic E-state index is 0.0339. The molecule has 1 spiro atoms. The average Bonchev–Trinajstić information content (AvgIpc) is 3.25. The van der Waals surface area contributed by atoms with Gasteiger partial charge in [-0.1, -0.05) is 61.8 Å². The summed E-state index contributed by atoms with van der Waals surface area (Å²) >= 11 is 1.60. The molecule has 1 N–H and O–H groups in total. The summed E-state index contributed by atoms with van der Waals surface area (Å²) in [6.07, 6.45) is 13.6. The van der Waals surface area contributed by atoms with Crippen LogP contribution in [0, 0.1) is 11.8 Å². The van der Waals surface area contributed by atoms with Crippen LogP contribution in [0.1, 0.15) is 39.0 Å². The molecule has 0 radical (unpaired) electrons. The van der Waals surface area contributed by atoms with Gasteiger partial charge in [0.25, 0.3) is 0 Å². The third-order valence-electron chi connectivity index (χ3n) is 8.95. The lowest BCUT2D eigenvalue weighted by Crippen LogP contribution is -2.57. The zero-order chi connectivity index (χ0) is 25.7. The number of likely N-dealkylation sites (tertiary alicyclic amines) is 1. The zero-order valence-electron chi connectivity index (χ0n) is 21.2. The molecular formula is C29H35N3O4S. The van der Waals surface area contributed by atoms with E-state index in [4.69, 9.17) is 0 Å². The summed E-state index contributed by atoms with van der Waals surface area (Å²) in [7, 11) is 0. The SMILES string of the molecule is C[C@H](CO)N1C(=O)[C@@H]2[C@@H]3C(=O)N(c4ccccc4)CC=C[C@@H]3S[C@@]23C=CCN(C2CCCCC2)C(=O)C13. The van der Waals surface area contributed by atoms with Gasteiger partial charge in [-0.05, 0) is 31.9 Å². The molecule has 0 aromatic heterocycles. The van der Waals surface area contributed by atoms with E-state index < -0.39 is 28.7 Å². The van der Waals surface area contributed by atoms with Gasteiger partial charge in [0.15, 0.2) is 0 Å². The first kappa shape index (κ1) is 24.7. The molecule has 0 bridgehead atoms. The highest BCUT2D eigenvalue weighted by Gasteiger charge is 2.71. The van der Waals surface area contributed by atoms with Crippen molar-refractivity contribution in [3.8, 4) is 0 Å². The van der Waals surface area contributed by atoms with Gasteiger partial charge in [0.05, 0.1) is 29.2 Å². The van der Waals surface area contributed by atoms with Gasteiger partial charge in [-0.15, -0.1) is 11.8 Å². The van der Waals surface area contributed by atoms with E-state index in [-0.39, 0.29) is 35.6 Å². The number of amides is 3. The van der Waals surface area contributed by atoms with Gasteiger partial charge in [-0.2, -0.15) is 0 Å². The number of rotatable bonds is 4. The fourth-order valence-corrected chi connectivity index (χ4v) is 9.21. The first-order valence-corrected chi connectivity index (χ1v) is 14.5. The molecule has 196 valence electrons. The van der Waals surface area contributed by atoms with Crippen LogP contribution >= 0.6 is 11.8 Å². The molecular weight excluding hydrogens is 486 g/mol. The van der Waals surface area contributed by atoms with E-state index in [0.717, 1.165) is 31.4 Å². The number of para-hydroxylation sites is 1. The number of carbonyl (C=O) groups excluding carboxylic acids is 3. The Labute approximate surface area is 222 Å². The predicted octanol–water partition coefficient (Wildman–Crippen LogP) is 3.00. The number of anilines is 1. The Bertz CT molecular complexity index is 1130. The summed E-state index contributed by atoms with van der Waals surface area (Å²) in [5, 5.41) is 9.93. The Balaban J connectivity index is 1.43. The van der Waals surface area contributed by atoms with E-state index in [0.29, 0.717) is 13.1 Å². The van der Waals surface area contributed by atoms with Crippen molar-refractivity contribution in [2.45, 2.75) is 67.2 Å². The predicted molar refractivity (Wildman–Crippen MR) is 144 cm³/mol. The van der Waals surface area contributed by atoms with E-state index in [9.17, 15) is 19.5 Å². The molecule has 8 heteroatoms. The Kier molecular flexibility index (Phi) is 6.43. The fraction of sp³-hybridized carbons (Fsp3) is 0.552. The lowest BCUT2D eigenvalue weighted by Gasteiger charge is -2.40. The van der Waals surface area contributed by atoms with Gasteiger partial charge in [0.1, 0.15) is 6.04 Å². The highest BCUT2D eigenvalue weighted by molar-refractivity contribution is 8.02. The molecule has 4 aliphatic heterocycles. The molecule has 4 heterocycles. The topological polar surface area (TPSA) is 81.2 Å². The second kappa shape index (κ2) is 9.62. The monoisotopic (exact) mass is 521 g/mol. The Morgan fingerprint density at radius 1 is 1.00 bits per heavy atom. The molecule has 1 aromatic rings. The molecule has 1 saturated carbocycles. The average molecular weight is 522 g/mol. The Morgan fingerprint density at radius 3 is 2.49 bits per heavy atom. The molecule has 6 rings (SSSR count). The molecule has 37 heavy (non-hydrogen) atoms. The molecule has 1 unspecified atom stereocenters. The maximum absolute atomic E-state index is 14.4. The minimum Gasteiger partial charge on any atom is -0.394 e. The summed E-state index contributed by atoms with van der Waals surface area (Å²) in [4.78, 5) is 48.1. The summed E-state index contributed by atoms with van der Waals surface area (Å²) in [5.74, 6) is -1.53. The van der Waals surface area contributed by atoms with E-state index in [1.807, 2.05) is 41.3 Å². The minimum atomic E-state index is -0.837. The fourth-order valence-electron chi connectivity index (χ4n) is 7.22. The largest absolute Gasteiger partial charge is 0.394 e.